The van der Waals surface area contributed by atoms with Crippen LogP contribution in [0.2, 0.25) is 0 Å². The van der Waals surface area contributed by atoms with E-state index in [1.54, 1.807) is 4.90 Å². The molecule has 0 aliphatic carbocycles. The van der Waals surface area contributed by atoms with Crippen LogP contribution in [-0.4, -0.2) is 97.5 Å². The Balaban J connectivity index is 0.000000473. The van der Waals surface area contributed by atoms with Gasteiger partial charge in [0.1, 0.15) is 5.71 Å². The van der Waals surface area contributed by atoms with E-state index < -0.39 is 24.3 Å². The number of oxime groups is 1. The van der Waals surface area contributed by atoms with Crippen LogP contribution in [0.25, 0.3) is 0 Å². The van der Waals surface area contributed by atoms with Crippen molar-refractivity contribution >= 4 is 23.6 Å². The summed E-state index contributed by atoms with van der Waals surface area (Å²) in [6, 6.07) is 0.525. The summed E-state index contributed by atoms with van der Waals surface area (Å²) in [5, 5.41) is 22.8. The van der Waals surface area contributed by atoms with Crippen LogP contribution in [-0.2, 0) is 25.8 Å². The number of rotatable bonds is 5. The van der Waals surface area contributed by atoms with Crippen LogP contribution in [0.1, 0.15) is 58.6 Å². The van der Waals surface area contributed by atoms with E-state index in [9.17, 15) is 31.1 Å². The van der Waals surface area contributed by atoms with Crippen molar-refractivity contribution < 1.29 is 55.8 Å². The van der Waals surface area contributed by atoms with Crippen molar-refractivity contribution in [2.24, 2.45) is 5.16 Å². The highest BCUT2D eigenvalue weighted by Gasteiger charge is 2.45. The number of likely N-dealkylation sites (tertiary alicyclic amines) is 1. The molecule has 228 valence electrons. The molecule has 0 radical (unpaired) electrons. The smallest absolute Gasteiger partial charge is 0.475 e. The van der Waals surface area contributed by atoms with Crippen LogP contribution in [0.15, 0.2) is 17.5 Å². The number of piperidine rings is 1. The molecule has 17 heteroatoms. The number of carboxylic acid groups (broad SMARTS) is 2. The maximum Gasteiger partial charge on any atom is 0.490 e. The van der Waals surface area contributed by atoms with E-state index in [0.717, 1.165) is 32.5 Å². The lowest BCUT2D eigenvalue weighted by Gasteiger charge is -2.38. The standard InChI is InChI=1S/C19H31N5O2.2C2HF3O2/c1-14(2)22(5)18(25)17-9-19(26-21-17)7-6-8-23(13-19)11-16-10-20-24(12-16)15(3)4;2*3-2(4,5)1(6)7/h10,12,14-15H,6-9,11,13H2,1-5H3;2*(H,6,7). The minimum atomic E-state index is -5.08. The molecule has 1 amide bonds. The maximum atomic E-state index is 12.5. The number of amides is 1. The topological polar surface area (TPSA) is 138 Å². The van der Waals surface area contributed by atoms with Gasteiger partial charge in [-0.3, -0.25) is 14.4 Å². The highest BCUT2D eigenvalue weighted by Crippen LogP contribution is 2.34. The summed E-state index contributed by atoms with van der Waals surface area (Å²) in [4.78, 5) is 40.3. The lowest BCUT2D eigenvalue weighted by atomic mass is 9.87. The zero-order chi connectivity index (χ0) is 31.1. The molecule has 1 fully saturated rings. The molecule has 1 spiro atoms. The van der Waals surface area contributed by atoms with E-state index in [1.165, 1.54) is 5.56 Å². The monoisotopic (exact) mass is 589 g/mol. The number of aromatic nitrogens is 2. The lowest BCUT2D eigenvalue weighted by molar-refractivity contribution is -0.193. The van der Waals surface area contributed by atoms with E-state index in [4.69, 9.17) is 24.6 Å². The Labute approximate surface area is 226 Å². The second kappa shape index (κ2) is 13.8. The summed E-state index contributed by atoms with van der Waals surface area (Å²) in [6.07, 6.45) is -3.51. The minimum Gasteiger partial charge on any atom is -0.475 e. The number of halogens is 6. The van der Waals surface area contributed by atoms with Gasteiger partial charge >= 0.3 is 24.3 Å². The third-order valence-electron chi connectivity index (χ3n) is 5.87. The number of hydrogen-bond donors (Lipinski definition) is 2. The molecule has 40 heavy (non-hydrogen) atoms. The van der Waals surface area contributed by atoms with Crippen molar-refractivity contribution in [3.63, 3.8) is 0 Å². The van der Waals surface area contributed by atoms with Gasteiger partial charge in [-0.2, -0.15) is 31.4 Å². The normalized spacial score (nSPS) is 19.3. The molecule has 3 rings (SSSR count). The van der Waals surface area contributed by atoms with Crippen LogP contribution in [0.3, 0.4) is 0 Å². The Morgan fingerprint density at radius 1 is 1.07 bits per heavy atom. The summed E-state index contributed by atoms with van der Waals surface area (Å²) in [6.45, 7) is 10.9. The summed E-state index contributed by atoms with van der Waals surface area (Å²) in [7, 11) is 1.82. The minimum absolute atomic E-state index is 0.0211. The van der Waals surface area contributed by atoms with Gasteiger partial charge in [-0.1, -0.05) is 5.16 Å². The Bertz CT molecular complexity index is 1030. The van der Waals surface area contributed by atoms with E-state index in [1.807, 2.05) is 31.8 Å². The quantitative estimate of drug-likeness (QED) is 0.496. The number of hydrogen-bond acceptors (Lipinski definition) is 7. The van der Waals surface area contributed by atoms with Crippen LogP contribution >= 0.6 is 0 Å². The number of aliphatic carboxylic acids is 2. The van der Waals surface area contributed by atoms with Gasteiger partial charge in [0.05, 0.1) is 6.20 Å². The molecule has 1 saturated heterocycles. The average Bonchev–Trinajstić information content (AvgIpc) is 3.45. The summed E-state index contributed by atoms with van der Waals surface area (Å²) >= 11 is 0. The highest BCUT2D eigenvalue weighted by atomic mass is 19.4. The second-order valence-electron chi connectivity index (χ2n) is 9.84. The largest absolute Gasteiger partial charge is 0.490 e. The van der Waals surface area contributed by atoms with Crippen LogP contribution in [0.5, 0.6) is 0 Å². The summed E-state index contributed by atoms with van der Waals surface area (Å²) in [5.41, 5.74) is 1.41. The first-order chi connectivity index (χ1) is 18.2. The number of carbonyl (C=O) groups excluding carboxylic acids is 1. The fraction of sp³-hybridized carbons (Fsp3) is 0.696. The highest BCUT2D eigenvalue weighted by molar-refractivity contribution is 6.39. The molecule has 1 aromatic rings. The van der Waals surface area contributed by atoms with Crippen LogP contribution in [0.4, 0.5) is 26.3 Å². The van der Waals surface area contributed by atoms with Crippen molar-refractivity contribution in [2.45, 2.75) is 83.5 Å². The van der Waals surface area contributed by atoms with Gasteiger partial charge in [-0.25, -0.2) is 9.59 Å². The molecule has 1 unspecified atom stereocenters. The Morgan fingerprint density at radius 3 is 2.02 bits per heavy atom. The van der Waals surface area contributed by atoms with Crippen LogP contribution < -0.4 is 0 Å². The van der Waals surface area contributed by atoms with Gasteiger partial charge in [-0.05, 0) is 47.1 Å². The first kappa shape index (κ1) is 34.7. The van der Waals surface area contributed by atoms with Crippen LogP contribution in [0, 0.1) is 0 Å². The zero-order valence-electron chi connectivity index (χ0n) is 22.6. The van der Waals surface area contributed by atoms with Gasteiger partial charge in [-0.15, -0.1) is 0 Å². The predicted octanol–water partition coefficient (Wildman–Crippen LogP) is 3.71. The first-order valence-corrected chi connectivity index (χ1v) is 12.1. The lowest BCUT2D eigenvalue weighted by Crippen LogP contribution is -2.48. The Morgan fingerprint density at radius 2 is 1.60 bits per heavy atom. The molecule has 2 aliphatic heterocycles. The van der Waals surface area contributed by atoms with Crippen molar-refractivity contribution in [1.82, 2.24) is 19.6 Å². The molecular weight excluding hydrogens is 556 g/mol. The fourth-order valence-electron chi connectivity index (χ4n) is 3.62. The third-order valence-corrected chi connectivity index (χ3v) is 5.87. The van der Waals surface area contributed by atoms with E-state index in [-0.39, 0.29) is 17.6 Å². The van der Waals surface area contributed by atoms with E-state index in [0.29, 0.717) is 18.2 Å². The Kier molecular flexibility index (Phi) is 12.0. The number of carboxylic acids is 2. The molecule has 2 aliphatic rings. The van der Waals surface area contributed by atoms with Gasteiger partial charge in [0, 0.05) is 50.4 Å². The third kappa shape index (κ3) is 10.7. The summed E-state index contributed by atoms with van der Waals surface area (Å²) < 4.78 is 65.5. The molecule has 0 bridgehead atoms. The van der Waals surface area contributed by atoms with E-state index >= 15 is 0 Å². The first-order valence-electron chi connectivity index (χ1n) is 12.1. The molecule has 0 aromatic carbocycles. The fourth-order valence-corrected chi connectivity index (χ4v) is 3.62. The second-order valence-corrected chi connectivity index (χ2v) is 9.84. The summed E-state index contributed by atoms with van der Waals surface area (Å²) in [5.74, 6) is -5.53. The molecule has 2 N–H and O–H groups in total. The SMILES string of the molecule is CC(C)N(C)C(=O)C1=NOC2(CCCN(Cc3cnn(C(C)C)c3)C2)C1.O=C(O)C(F)(F)F.O=C(O)C(F)(F)F. The molecule has 11 nitrogen and oxygen atoms in total. The molecule has 1 atom stereocenters. The number of carbonyl (C=O) groups is 3. The van der Waals surface area contributed by atoms with Crippen molar-refractivity contribution in [1.29, 1.82) is 0 Å². The predicted molar refractivity (Wildman–Crippen MR) is 128 cm³/mol. The average molecular weight is 590 g/mol. The van der Waals surface area contributed by atoms with Crippen molar-refractivity contribution in [3.05, 3.63) is 18.0 Å². The van der Waals surface area contributed by atoms with Crippen molar-refractivity contribution in [2.75, 3.05) is 20.1 Å². The van der Waals surface area contributed by atoms with E-state index in [2.05, 4.69) is 35.2 Å². The zero-order valence-corrected chi connectivity index (χ0v) is 22.6. The maximum absolute atomic E-state index is 12.5. The molecule has 1 aromatic heterocycles. The van der Waals surface area contributed by atoms with Gasteiger partial charge in [0.2, 0.25) is 0 Å². The Hall–Kier alpha value is -3.37. The van der Waals surface area contributed by atoms with Gasteiger partial charge < -0.3 is 20.0 Å². The van der Waals surface area contributed by atoms with Gasteiger partial charge in [0.15, 0.2) is 5.60 Å². The van der Waals surface area contributed by atoms with Gasteiger partial charge in [0.25, 0.3) is 5.91 Å². The van der Waals surface area contributed by atoms with Crippen molar-refractivity contribution in [3.8, 4) is 0 Å². The number of nitrogens with zero attached hydrogens (tertiary/aromatic N) is 5. The molecule has 0 saturated carbocycles. The molecular formula is C23H33F6N5O6. The molecule has 3 heterocycles. The number of alkyl halides is 6.